The first-order chi connectivity index (χ1) is 14.2. The van der Waals surface area contributed by atoms with E-state index in [-0.39, 0.29) is 11.5 Å². The molecule has 0 unspecified atom stereocenters. The molecule has 29 heavy (non-hydrogen) atoms. The number of hydrogen-bond donors (Lipinski definition) is 0. The van der Waals surface area contributed by atoms with Gasteiger partial charge in [-0.1, -0.05) is 52.0 Å². The lowest BCUT2D eigenvalue weighted by Crippen LogP contribution is -2.03. The van der Waals surface area contributed by atoms with E-state index < -0.39 is 0 Å². The van der Waals surface area contributed by atoms with Crippen LogP contribution in [0.3, 0.4) is 0 Å². The third-order valence-corrected chi connectivity index (χ3v) is 7.46. The smallest absolute Gasteiger partial charge is 0.173 e. The van der Waals surface area contributed by atoms with Crippen molar-refractivity contribution >= 4 is 56.1 Å². The van der Waals surface area contributed by atoms with Gasteiger partial charge in [-0.05, 0) is 41.1 Å². The largest absolute Gasteiger partial charge is 0.293 e. The first kappa shape index (κ1) is 20.0. The maximum absolute atomic E-state index is 12.6. The molecule has 0 aliphatic rings. The van der Waals surface area contributed by atoms with Gasteiger partial charge >= 0.3 is 0 Å². The van der Waals surface area contributed by atoms with E-state index in [4.69, 9.17) is 4.98 Å². The molecule has 0 spiro atoms. The minimum Gasteiger partial charge on any atom is -0.293 e. The van der Waals surface area contributed by atoms with E-state index >= 15 is 0 Å². The predicted molar refractivity (Wildman–Crippen MR) is 125 cm³/mol. The van der Waals surface area contributed by atoms with Gasteiger partial charge in [0.05, 0.1) is 21.9 Å². The van der Waals surface area contributed by atoms with E-state index in [0.29, 0.717) is 16.2 Å². The molecule has 3 aromatic heterocycles. The Morgan fingerprint density at radius 3 is 2.38 bits per heavy atom. The van der Waals surface area contributed by atoms with Crippen molar-refractivity contribution in [3.63, 3.8) is 0 Å². The molecule has 3 heterocycles. The number of carbonyl (C=O) groups excluding carboxylic acids is 1. The molecule has 0 aliphatic carbocycles. The Morgan fingerprint density at radius 2 is 1.76 bits per heavy atom. The fourth-order valence-corrected chi connectivity index (χ4v) is 5.36. The summed E-state index contributed by atoms with van der Waals surface area (Å²) in [5.74, 6) is 0.230. The number of nitriles is 1. The van der Waals surface area contributed by atoms with Gasteiger partial charge in [-0.25, -0.2) is 4.98 Å². The minimum atomic E-state index is 0.00684. The molecule has 0 N–H and O–H groups in total. The van der Waals surface area contributed by atoms with E-state index in [2.05, 4.69) is 22.0 Å². The normalized spacial score (nSPS) is 10.6. The Morgan fingerprint density at radius 1 is 1.07 bits per heavy atom. The zero-order valence-corrected chi connectivity index (χ0v) is 19.0. The monoisotopic (exact) mass is 496 g/mol. The third-order valence-electron chi connectivity index (χ3n) is 4.16. The van der Waals surface area contributed by atoms with E-state index in [1.807, 2.05) is 53.2 Å². The Bertz CT molecular complexity index is 1180. The van der Waals surface area contributed by atoms with Crippen molar-refractivity contribution in [1.82, 2.24) is 4.98 Å². The van der Waals surface area contributed by atoms with Crippen LogP contribution in [0.4, 0.5) is 0 Å². The Hall–Kier alpha value is -2.24. The Kier molecular flexibility index (Phi) is 6.26. The molecule has 1 aromatic carbocycles. The van der Waals surface area contributed by atoms with Crippen molar-refractivity contribution in [1.29, 1.82) is 5.26 Å². The Labute approximate surface area is 189 Å². The SMILES string of the molecule is N#Cc1c(-c2cccs2)cc(-c2cccs2)nc1SCC(=O)c1ccc(Br)cc1. The molecular weight excluding hydrogens is 484 g/mol. The van der Waals surface area contributed by atoms with Crippen molar-refractivity contribution in [2.45, 2.75) is 5.03 Å². The summed E-state index contributed by atoms with van der Waals surface area (Å²) in [4.78, 5) is 19.4. The van der Waals surface area contributed by atoms with Gasteiger partial charge in [0.1, 0.15) is 11.1 Å². The number of aromatic nitrogens is 1. The molecule has 7 heteroatoms. The predicted octanol–water partition coefficient (Wildman–Crippen LogP) is 7.15. The van der Waals surface area contributed by atoms with Gasteiger partial charge in [0.25, 0.3) is 0 Å². The zero-order valence-electron chi connectivity index (χ0n) is 15.0. The summed E-state index contributed by atoms with van der Waals surface area (Å²) in [7, 11) is 0. The number of hydrogen-bond acceptors (Lipinski definition) is 6. The number of rotatable bonds is 6. The standard InChI is InChI=1S/C22H13BrN2OS3/c23-15-7-5-14(6-8-15)19(26)13-29-22-17(12-24)16(20-3-1-9-27-20)11-18(25-22)21-4-2-10-28-21/h1-11H,13H2. The lowest BCUT2D eigenvalue weighted by Gasteiger charge is -2.10. The van der Waals surface area contributed by atoms with E-state index in [1.165, 1.54) is 11.8 Å². The number of halogens is 1. The maximum atomic E-state index is 12.6. The maximum Gasteiger partial charge on any atom is 0.173 e. The molecule has 0 aliphatic heterocycles. The summed E-state index contributed by atoms with van der Waals surface area (Å²) in [5.41, 5.74) is 2.84. The van der Waals surface area contributed by atoms with Crippen LogP contribution in [-0.2, 0) is 0 Å². The number of carbonyl (C=O) groups is 1. The molecule has 0 radical (unpaired) electrons. The highest BCUT2D eigenvalue weighted by Crippen LogP contribution is 2.37. The molecule has 0 saturated carbocycles. The molecule has 3 nitrogen and oxygen atoms in total. The van der Waals surface area contributed by atoms with Crippen LogP contribution in [0.1, 0.15) is 15.9 Å². The summed E-state index contributed by atoms with van der Waals surface area (Å²) >= 11 is 7.89. The molecule has 142 valence electrons. The summed E-state index contributed by atoms with van der Waals surface area (Å²) in [5, 5.41) is 14.4. The van der Waals surface area contributed by atoms with Crippen molar-refractivity contribution in [3.8, 4) is 27.1 Å². The highest BCUT2D eigenvalue weighted by Gasteiger charge is 2.18. The lowest BCUT2D eigenvalue weighted by molar-refractivity contribution is 0.102. The van der Waals surface area contributed by atoms with Gasteiger partial charge in [0.15, 0.2) is 5.78 Å². The van der Waals surface area contributed by atoms with Gasteiger partial charge in [-0.3, -0.25) is 4.79 Å². The molecule has 0 saturated heterocycles. The first-order valence-corrected chi connectivity index (χ1v) is 12.1. The zero-order chi connectivity index (χ0) is 20.2. The van der Waals surface area contributed by atoms with E-state index in [9.17, 15) is 10.1 Å². The summed E-state index contributed by atoms with van der Waals surface area (Å²) < 4.78 is 0.930. The van der Waals surface area contributed by atoms with Gasteiger partial charge in [0, 0.05) is 20.5 Å². The van der Waals surface area contributed by atoms with Gasteiger partial charge in [0.2, 0.25) is 0 Å². The van der Waals surface area contributed by atoms with Crippen LogP contribution in [-0.4, -0.2) is 16.5 Å². The van der Waals surface area contributed by atoms with E-state index in [0.717, 1.165) is 25.5 Å². The molecule has 0 bridgehead atoms. The van der Waals surface area contributed by atoms with Crippen LogP contribution in [0.5, 0.6) is 0 Å². The molecule has 4 rings (SSSR count). The number of Topliss-reactive ketones (excluding diaryl/α,β-unsaturated/α-hetero) is 1. The summed E-state index contributed by atoms with van der Waals surface area (Å²) in [6, 6.07) is 19.5. The number of ketones is 1. The number of thiophene rings is 2. The molecule has 0 amide bonds. The minimum absolute atomic E-state index is 0.00684. The highest BCUT2D eigenvalue weighted by atomic mass is 79.9. The summed E-state index contributed by atoms with van der Waals surface area (Å²) in [6.45, 7) is 0. The van der Waals surface area contributed by atoms with Gasteiger partial charge in [-0.15, -0.1) is 22.7 Å². The van der Waals surface area contributed by atoms with Crippen molar-refractivity contribution < 1.29 is 4.79 Å². The van der Waals surface area contributed by atoms with Crippen molar-refractivity contribution in [2.24, 2.45) is 0 Å². The number of benzene rings is 1. The number of nitrogens with zero attached hydrogens (tertiary/aromatic N) is 2. The van der Waals surface area contributed by atoms with Crippen LogP contribution in [0.2, 0.25) is 0 Å². The van der Waals surface area contributed by atoms with Gasteiger partial charge in [-0.2, -0.15) is 5.26 Å². The number of pyridine rings is 1. The second-order valence-electron chi connectivity index (χ2n) is 6.02. The first-order valence-electron chi connectivity index (χ1n) is 8.60. The summed E-state index contributed by atoms with van der Waals surface area (Å²) in [6.07, 6.45) is 0. The lowest BCUT2D eigenvalue weighted by atomic mass is 10.1. The third kappa shape index (κ3) is 4.51. The second kappa shape index (κ2) is 9.06. The van der Waals surface area contributed by atoms with Crippen LogP contribution in [0.15, 0.2) is 74.9 Å². The van der Waals surface area contributed by atoms with Crippen LogP contribution >= 0.6 is 50.4 Å². The second-order valence-corrected chi connectivity index (χ2v) is 9.80. The van der Waals surface area contributed by atoms with Crippen LogP contribution < -0.4 is 0 Å². The average Bonchev–Trinajstić information content (AvgIpc) is 3.46. The molecule has 0 fully saturated rings. The fourth-order valence-electron chi connectivity index (χ4n) is 2.76. The quantitative estimate of drug-likeness (QED) is 0.210. The average molecular weight is 497 g/mol. The Balaban J connectivity index is 1.70. The molecule has 0 atom stereocenters. The van der Waals surface area contributed by atoms with Crippen LogP contribution in [0, 0.1) is 11.3 Å². The molecule has 4 aromatic rings. The fraction of sp³-hybridized carbons (Fsp3) is 0.0455. The number of thioether (sulfide) groups is 1. The topological polar surface area (TPSA) is 53.8 Å². The molecular formula is C22H13BrN2OS3. The van der Waals surface area contributed by atoms with Crippen molar-refractivity contribution in [3.05, 3.63) is 81.0 Å². The van der Waals surface area contributed by atoms with E-state index in [1.54, 1.807) is 34.8 Å². The van der Waals surface area contributed by atoms with Crippen molar-refractivity contribution in [2.75, 3.05) is 5.75 Å². The highest BCUT2D eigenvalue weighted by molar-refractivity contribution is 9.10. The van der Waals surface area contributed by atoms with Gasteiger partial charge < -0.3 is 0 Å². The van der Waals surface area contributed by atoms with Crippen LogP contribution in [0.25, 0.3) is 21.0 Å².